The SMILES string of the molecule is CCc1nnc2n1N[C@@H](c1ccccc1)[C@H](C(=O)c1ccccc1)S2. The van der Waals surface area contributed by atoms with E-state index in [1.54, 1.807) is 0 Å². The standard InChI is InChI=1S/C19H18N4OS/c1-2-15-20-21-19-23(15)22-16(13-9-5-3-6-10-13)18(25-19)17(24)14-11-7-4-8-12-14/h3-12,16,18,22H,2H2,1H3/t16-,18+/m0/s1. The molecule has 3 aromatic rings. The molecule has 0 amide bonds. The molecule has 0 saturated carbocycles. The van der Waals surface area contributed by atoms with Crippen LogP contribution in [0.25, 0.3) is 0 Å². The van der Waals surface area contributed by atoms with Crippen molar-refractivity contribution in [1.82, 2.24) is 14.9 Å². The summed E-state index contributed by atoms with van der Waals surface area (Å²) in [7, 11) is 0. The molecule has 0 saturated heterocycles. The van der Waals surface area contributed by atoms with Crippen LogP contribution in [0.2, 0.25) is 0 Å². The van der Waals surface area contributed by atoms with Gasteiger partial charge in [-0.05, 0) is 5.56 Å². The van der Waals surface area contributed by atoms with E-state index >= 15 is 0 Å². The predicted octanol–water partition coefficient (Wildman–Crippen LogP) is 3.48. The number of thioether (sulfide) groups is 1. The Kier molecular flexibility index (Phi) is 4.28. The van der Waals surface area contributed by atoms with Crippen molar-refractivity contribution >= 4 is 17.5 Å². The van der Waals surface area contributed by atoms with Crippen molar-refractivity contribution in [3.63, 3.8) is 0 Å². The number of aromatic nitrogens is 3. The number of Topliss-reactive ketones (excluding diaryl/α,β-unsaturated/α-hetero) is 1. The Labute approximate surface area is 150 Å². The van der Waals surface area contributed by atoms with Gasteiger partial charge in [0.1, 0.15) is 5.25 Å². The van der Waals surface area contributed by atoms with Crippen LogP contribution in [-0.2, 0) is 6.42 Å². The van der Waals surface area contributed by atoms with Crippen molar-refractivity contribution in [3.8, 4) is 0 Å². The van der Waals surface area contributed by atoms with E-state index in [1.807, 2.05) is 72.3 Å². The van der Waals surface area contributed by atoms with Gasteiger partial charge < -0.3 is 5.43 Å². The van der Waals surface area contributed by atoms with Crippen molar-refractivity contribution in [2.24, 2.45) is 0 Å². The van der Waals surface area contributed by atoms with E-state index in [0.29, 0.717) is 5.56 Å². The zero-order valence-electron chi connectivity index (χ0n) is 13.8. The van der Waals surface area contributed by atoms with Gasteiger partial charge in [0, 0.05) is 12.0 Å². The van der Waals surface area contributed by atoms with Crippen LogP contribution >= 0.6 is 11.8 Å². The summed E-state index contributed by atoms with van der Waals surface area (Å²) in [4.78, 5) is 13.2. The fourth-order valence-electron chi connectivity index (χ4n) is 3.00. The number of rotatable bonds is 4. The molecule has 25 heavy (non-hydrogen) atoms. The van der Waals surface area contributed by atoms with E-state index in [0.717, 1.165) is 23.0 Å². The fraction of sp³-hybridized carbons (Fsp3) is 0.211. The first-order valence-electron chi connectivity index (χ1n) is 8.29. The summed E-state index contributed by atoms with van der Waals surface area (Å²) in [5.74, 6) is 0.966. The molecule has 1 aliphatic heterocycles. The highest BCUT2D eigenvalue weighted by atomic mass is 32.2. The van der Waals surface area contributed by atoms with Gasteiger partial charge in [0.2, 0.25) is 5.16 Å². The molecule has 2 aromatic carbocycles. The number of carbonyl (C=O) groups excluding carboxylic acids is 1. The molecule has 6 heteroatoms. The molecule has 0 unspecified atom stereocenters. The lowest BCUT2D eigenvalue weighted by molar-refractivity contribution is 0.0980. The lowest BCUT2D eigenvalue weighted by Crippen LogP contribution is -2.39. The Hall–Kier alpha value is -2.60. The fourth-order valence-corrected chi connectivity index (χ4v) is 4.18. The quantitative estimate of drug-likeness (QED) is 0.730. The Bertz CT molecular complexity index is 879. The molecule has 1 aliphatic rings. The van der Waals surface area contributed by atoms with Gasteiger partial charge in [-0.1, -0.05) is 79.3 Å². The molecular formula is C19H18N4OS. The van der Waals surface area contributed by atoms with Gasteiger partial charge in [-0.2, -0.15) is 0 Å². The smallest absolute Gasteiger partial charge is 0.210 e. The van der Waals surface area contributed by atoms with Gasteiger partial charge in [0.25, 0.3) is 0 Å². The number of carbonyl (C=O) groups is 1. The molecule has 1 aromatic heterocycles. The van der Waals surface area contributed by atoms with E-state index < -0.39 is 0 Å². The molecule has 2 heterocycles. The second kappa shape index (κ2) is 6.72. The van der Waals surface area contributed by atoms with Gasteiger partial charge in [-0.25, -0.2) is 4.68 Å². The summed E-state index contributed by atoms with van der Waals surface area (Å²) in [6.45, 7) is 2.04. The summed E-state index contributed by atoms with van der Waals surface area (Å²) < 4.78 is 1.91. The minimum Gasteiger partial charge on any atom is -0.313 e. The first kappa shape index (κ1) is 15.9. The van der Waals surface area contributed by atoms with Gasteiger partial charge in [-0.3, -0.25) is 4.79 Å². The normalized spacial score (nSPS) is 19.1. The molecular weight excluding hydrogens is 332 g/mol. The topological polar surface area (TPSA) is 59.8 Å². The zero-order chi connectivity index (χ0) is 17.2. The van der Waals surface area contributed by atoms with Crippen LogP contribution < -0.4 is 5.43 Å². The van der Waals surface area contributed by atoms with Crippen LogP contribution in [0.15, 0.2) is 65.8 Å². The average molecular weight is 350 g/mol. The number of fused-ring (bicyclic) bond motifs is 1. The van der Waals surface area contributed by atoms with Crippen LogP contribution in [0.3, 0.4) is 0 Å². The number of benzene rings is 2. The number of nitrogens with one attached hydrogen (secondary N) is 1. The monoisotopic (exact) mass is 350 g/mol. The van der Waals surface area contributed by atoms with E-state index in [2.05, 4.69) is 15.6 Å². The van der Waals surface area contributed by atoms with E-state index in [4.69, 9.17) is 0 Å². The highest BCUT2D eigenvalue weighted by molar-refractivity contribution is 8.00. The number of ketones is 1. The lowest BCUT2D eigenvalue weighted by Gasteiger charge is -2.33. The van der Waals surface area contributed by atoms with Crippen LogP contribution in [-0.4, -0.2) is 25.9 Å². The molecule has 4 rings (SSSR count). The Morgan fingerprint density at radius 2 is 1.76 bits per heavy atom. The maximum Gasteiger partial charge on any atom is 0.210 e. The van der Waals surface area contributed by atoms with Crippen LogP contribution in [0, 0.1) is 0 Å². The van der Waals surface area contributed by atoms with Crippen molar-refractivity contribution in [1.29, 1.82) is 0 Å². The second-order valence-electron chi connectivity index (χ2n) is 5.87. The molecule has 0 spiro atoms. The minimum absolute atomic E-state index is 0.0965. The Morgan fingerprint density at radius 3 is 2.44 bits per heavy atom. The maximum atomic E-state index is 13.2. The van der Waals surface area contributed by atoms with Crippen molar-refractivity contribution < 1.29 is 4.79 Å². The second-order valence-corrected chi connectivity index (χ2v) is 6.98. The van der Waals surface area contributed by atoms with E-state index in [1.165, 1.54) is 11.8 Å². The lowest BCUT2D eigenvalue weighted by atomic mass is 9.97. The first-order chi connectivity index (χ1) is 12.3. The predicted molar refractivity (Wildman–Crippen MR) is 98.4 cm³/mol. The third kappa shape index (κ3) is 2.93. The van der Waals surface area contributed by atoms with Crippen molar-refractivity contribution in [3.05, 3.63) is 77.6 Å². The van der Waals surface area contributed by atoms with Crippen LogP contribution in [0.5, 0.6) is 0 Å². The van der Waals surface area contributed by atoms with Crippen LogP contribution in [0.1, 0.15) is 34.7 Å². The number of hydrogen-bond donors (Lipinski definition) is 1. The average Bonchev–Trinajstić information content (AvgIpc) is 3.10. The molecule has 126 valence electrons. The summed E-state index contributed by atoms with van der Waals surface area (Å²) in [5.41, 5.74) is 5.25. The van der Waals surface area contributed by atoms with Crippen LogP contribution in [0.4, 0.5) is 0 Å². The molecule has 0 radical (unpaired) electrons. The number of hydrogen-bond acceptors (Lipinski definition) is 5. The summed E-state index contributed by atoms with van der Waals surface area (Å²) in [5, 5.41) is 8.91. The van der Waals surface area contributed by atoms with Crippen molar-refractivity contribution in [2.75, 3.05) is 5.43 Å². The van der Waals surface area contributed by atoms with Gasteiger partial charge >= 0.3 is 0 Å². The maximum absolute atomic E-state index is 13.2. The summed E-state index contributed by atoms with van der Waals surface area (Å²) >= 11 is 1.48. The van der Waals surface area contributed by atoms with E-state index in [-0.39, 0.29) is 17.1 Å². The molecule has 2 atom stereocenters. The molecule has 0 bridgehead atoms. The van der Waals surface area contributed by atoms with Gasteiger partial charge in [0.05, 0.1) is 6.04 Å². The highest BCUT2D eigenvalue weighted by Crippen LogP contribution is 2.38. The highest BCUT2D eigenvalue weighted by Gasteiger charge is 2.37. The molecule has 1 N–H and O–H groups in total. The molecule has 0 fully saturated rings. The molecule has 5 nitrogen and oxygen atoms in total. The van der Waals surface area contributed by atoms with Gasteiger partial charge in [0.15, 0.2) is 11.6 Å². The zero-order valence-corrected chi connectivity index (χ0v) is 14.6. The molecule has 0 aliphatic carbocycles. The Morgan fingerprint density at radius 1 is 1.08 bits per heavy atom. The third-order valence-corrected chi connectivity index (χ3v) is 5.51. The summed E-state index contributed by atoms with van der Waals surface area (Å²) in [6, 6.07) is 19.3. The van der Waals surface area contributed by atoms with E-state index in [9.17, 15) is 4.79 Å². The first-order valence-corrected chi connectivity index (χ1v) is 9.17. The largest absolute Gasteiger partial charge is 0.313 e. The third-order valence-electron chi connectivity index (χ3n) is 4.30. The van der Waals surface area contributed by atoms with Crippen molar-refractivity contribution in [2.45, 2.75) is 29.8 Å². The van der Waals surface area contributed by atoms with Gasteiger partial charge in [-0.15, -0.1) is 10.2 Å². The number of aryl methyl sites for hydroxylation is 1. The number of nitrogens with zero attached hydrogens (tertiary/aromatic N) is 3. The minimum atomic E-state index is -0.300. The Balaban J connectivity index is 1.76. The summed E-state index contributed by atoms with van der Waals surface area (Å²) in [6.07, 6.45) is 0.777.